The molecule has 0 saturated carbocycles. The molecule has 3 rings (SSSR count). The van der Waals surface area contributed by atoms with Crippen molar-refractivity contribution in [2.45, 2.75) is 0 Å². The van der Waals surface area contributed by atoms with E-state index in [1.807, 2.05) is 35.7 Å². The number of thioether (sulfide) groups is 1. The van der Waals surface area contributed by atoms with E-state index in [0.717, 1.165) is 5.56 Å². The summed E-state index contributed by atoms with van der Waals surface area (Å²) in [4.78, 5) is 37.0. The van der Waals surface area contributed by atoms with Gasteiger partial charge in [0, 0.05) is 5.69 Å². The average molecular weight is 368 g/mol. The van der Waals surface area contributed by atoms with Crippen LogP contribution in [0.1, 0.15) is 15.9 Å². The molecule has 2 aromatic rings. The molecule has 26 heavy (non-hydrogen) atoms. The number of carbonyl (C=O) groups is 3. The SMILES string of the molecule is O=C(CN1C(=O)CSC=C1c1ccccc1)Nc1ccc(C(=O)O)cc1. The third kappa shape index (κ3) is 4.12. The van der Waals surface area contributed by atoms with E-state index in [1.54, 1.807) is 0 Å². The minimum atomic E-state index is -1.03. The number of rotatable bonds is 5. The molecule has 0 saturated heterocycles. The zero-order valence-corrected chi connectivity index (χ0v) is 14.5. The van der Waals surface area contributed by atoms with Crippen LogP contribution in [0, 0.1) is 0 Å². The van der Waals surface area contributed by atoms with Gasteiger partial charge in [-0.2, -0.15) is 0 Å². The van der Waals surface area contributed by atoms with Gasteiger partial charge >= 0.3 is 5.97 Å². The lowest BCUT2D eigenvalue weighted by molar-refractivity contribution is -0.129. The Bertz CT molecular complexity index is 863. The highest BCUT2D eigenvalue weighted by Gasteiger charge is 2.25. The van der Waals surface area contributed by atoms with E-state index in [4.69, 9.17) is 5.11 Å². The number of nitrogens with one attached hydrogen (secondary N) is 1. The Morgan fingerprint density at radius 3 is 2.42 bits per heavy atom. The van der Waals surface area contributed by atoms with E-state index < -0.39 is 5.97 Å². The normalized spacial score (nSPS) is 13.9. The van der Waals surface area contributed by atoms with E-state index in [-0.39, 0.29) is 29.7 Å². The first-order valence-corrected chi connectivity index (χ1v) is 8.90. The summed E-state index contributed by atoms with van der Waals surface area (Å²) in [5, 5.41) is 13.5. The molecule has 0 bridgehead atoms. The van der Waals surface area contributed by atoms with Gasteiger partial charge in [0.25, 0.3) is 0 Å². The maximum absolute atomic E-state index is 12.4. The Hall–Kier alpha value is -3.06. The predicted octanol–water partition coefficient (Wildman–Crippen LogP) is 2.90. The number of carbonyl (C=O) groups excluding carboxylic acids is 2. The average Bonchev–Trinajstić information content (AvgIpc) is 2.64. The molecule has 0 radical (unpaired) electrons. The van der Waals surface area contributed by atoms with Gasteiger partial charge in [0.1, 0.15) is 6.54 Å². The van der Waals surface area contributed by atoms with Crippen molar-refractivity contribution in [1.82, 2.24) is 4.90 Å². The number of nitrogens with zero attached hydrogens (tertiary/aromatic N) is 1. The Morgan fingerprint density at radius 2 is 1.77 bits per heavy atom. The first-order valence-electron chi connectivity index (χ1n) is 7.85. The molecular formula is C19H16N2O4S. The molecule has 1 aliphatic rings. The van der Waals surface area contributed by atoms with Crippen LogP contribution < -0.4 is 5.32 Å². The van der Waals surface area contributed by atoms with Gasteiger partial charge in [0.2, 0.25) is 11.8 Å². The Kier molecular flexibility index (Phi) is 5.38. The molecule has 7 heteroatoms. The zero-order valence-electron chi connectivity index (χ0n) is 13.7. The maximum Gasteiger partial charge on any atom is 0.335 e. The fourth-order valence-electron chi connectivity index (χ4n) is 2.51. The molecule has 1 heterocycles. The minimum Gasteiger partial charge on any atom is -0.478 e. The molecule has 1 aliphatic heterocycles. The lowest BCUT2D eigenvalue weighted by atomic mass is 10.1. The van der Waals surface area contributed by atoms with E-state index >= 15 is 0 Å². The van der Waals surface area contributed by atoms with E-state index in [1.165, 1.54) is 40.9 Å². The molecule has 6 nitrogen and oxygen atoms in total. The highest BCUT2D eigenvalue weighted by molar-refractivity contribution is 8.03. The number of anilines is 1. The number of amides is 2. The lowest BCUT2D eigenvalue weighted by Crippen LogP contribution is -2.39. The second-order valence-corrected chi connectivity index (χ2v) is 6.45. The van der Waals surface area contributed by atoms with Gasteiger partial charge in [0.05, 0.1) is 17.0 Å². The number of benzene rings is 2. The summed E-state index contributed by atoms with van der Waals surface area (Å²) in [5.74, 6) is -1.23. The first-order chi connectivity index (χ1) is 12.5. The van der Waals surface area contributed by atoms with Crippen molar-refractivity contribution in [1.29, 1.82) is 0 Å². The third-order valence-corrected chi connectivity index (χ3v) is 4.58. The molecule has 0 aromatic heterocycles. The van der Waals surface area contributed by atoms with Gasteiger partial charge in [-0.25, -0.2) is 4.79 Å². The van der Waals surface area contributed by atoms with E-state index in [0.29, 0.717) is 11.4 Å². The molecule has 0 fully saturated rings. The summed E-state index contributed by atoms with van der Waals surface area (Å²) < 4.78 is 0. The number of hydrogen-bond donors (Lipinski definition) is 2. The third-order valence-electron chi connectivity index (χ3n) is 3.78. The van der Waals surface area contributed by atoms with Crippen LogP contribution in [0.3, 0.4) is 0 Å². The molecule has 132 valence electrons. The van der Waals surface area contributed by atoms with Crippen LogP contribution in [-0.2, 0) is 9.59 Å². The van der Waals surface area contributed by atoms with Crippen molar-refractivity contribution in [2.75, 3.05) is 17.6 Å². The smallest absolute Gasteiger partial charge is 0.335 e. The van der Waals surface area contributed by atoms with Crippen LogP contribution in [0.4, 0.5) is 5.69 Å². The van der Waals surface area contributed by atoms with Crippen molar-refractivity contribution in [3.8, 4) is 0 Å². The number of aromatic carboxylic acids is 1. The van der Waals surface area contributed by atoms with Crippen LogP contribution in [0.25, 0.3) is 5.70 Å². The van der Waals surface area contributed by atoms with Crippen molar-refractivity contribution in [2.24, 2.45) is 0 Å². The second-order valence-electron chi connectivity index (χ2n) is 5.59. The van der Waals surface area contributed by atoms with E-state index in [2.05, 4.69) is 5.32 Å². The lowest BCUT2D eigenvalue weighted by Gasteiger charge is -2.28. The molecule has 0 aliphatic carbocycles. The fraction of sp³-hybridized carbons (Fsp3) is 0.105. The van der Waals surface area contributed by atoms with Crippen LogP contribution in [0.2, 0.25) is 0 Å². The number of carboxylic acid groups (broad SMARTS) is 1. The minimum absolute atomic E-state index is 0.110. The van der Waals surface area contributed by atoms with Gasteiger partial charge in [-0.05, 0) is 35.2 Å². The van der Waals surface area contributed by atoms with Gasteiger partial charge < -0.3 is 15.3 Å². The molecule has 0 atom stereocenters. The Labute approximate surface area is 154 Å². The van der Waals surface area contributed by atoms with Crippen molar-refractivity contribution < 1.29 is 19.5 Å². The Morgan fingerprint density at radius 1 is 1.08 bits per heavy atom. The predicted molar refractivity (Wildman–Crippen MR) is 101 cm³/mol. The summed E-state index contributed by atoms with van der Waals surface area (Å²) in [6, 6.07) is 15.3. The summed E-state index contributed by atoms with van der Waals surface area (Å²) in [6.45, 7) is -0.110. The number of carboxylic acids is 1. The molecule has 2 N–H and O–H groups in total. The highest BCUT2D eigenvalue weighted by atomic mass is 32.2. The standard InChI is InChI=1S/C19H16N2O4S/c22-17(20-15-8-6-14(7-9-15)19(24)25)10-21-16(11-26-12-18(21)23)13-4-2-1-3-5-13/h1-9,11H,10,12H2,(H,20,22)(H,24,25). The van der Waals surface area contributed by atoms with Crippen LogP contribution in [0.5, 0.6) is 0 Å². The molecule has 2 aromatic carbocycles. The largest absolute Gasteiger partial charge is 0.478 e. The maximum atomic E-state index is 12.4. The summed E-state index contributed by atoms with van der Waals surface area (Å²) >= 11 is 1.40. The second kappa shape index (κ2) is 7.88. The van der Waals surface area contributed by atoms with Crippen molar-refractivity contribution in [3.63, 3.8) is 0 Å². The van der Waals surface area contributed by atoms with Gasteiger partial charge in [0.15, 0.2) is 0 Å². The zero-order chi connectivity index (χ0) is 18.5. The molecule has 0 unspecified atom stereocenters. The number of hydrogen-bond acceptors (Lipinski definition) is 4. The summed E-state index contributed by atoms with van der Waals surface area (Å²) in [5.41, 5.74) is 2.18. The van der Waals surface area contributed by atoms with Crippen LogP contribution in [-0.4, -0.2) is 40.1 Å². The topological polar surface area (TPSA) is 86.7 Å². The van der Waals surface area contributed by atoms with Crippen LogP contribution in [0.15, 0.2) is 60.0 Å². The van der Waals surface area contributed by atoms with E-state index in [9.17, 15) is 14.4 Å². The summed E-state index contributed by atoms with van der Waals surface area (Å²) in [6.07, 6.45) is 0. The van der Waals surface area contributed by atoms with Gasteiger partial charge in [-0.3, -0.25) is 9.59 Å². The fourth-order valence-corrected chi connectivity index (χ4v) is 3.32. The first kappa shape index (κ1) is 17.8. The van der Waals surface area contributed by atoms with Gasteiger partial charge in [-0.1, -0.05) is 30.3 Å². The Balaban J connectivity index is 1.72. The van der Waals surface area contributed by atoms with Gasteiger partial charge in [-0.15, -0.1) is 11.8 Å². The molecular weight excluding hydrogens is 352 g/mol. The molecule has 0 spiro atoms. The highest BCUT2D eigenvalue weighted by Crippen LogP contribution is 2.28. The van der Waals surface area contributed by atoms with Crippen LogP contribution >= 0.6 is 11.8 Å². The summed E-state index contributed by atoms with van der Waals surface area (Å²) in [7, 11) is 0. The molecule has 2 amide bonds. The monoisotopic (exact) mass is 368 g/mol. The van der Waals surface area contributed by atoms with Crippen molar-refractivity contribution >= 4 is 40.9 Å². The quantitative estimate of drug-likeness (QED) is 0.847. The van der Waals surface area contributed by atoms with Crippen molar-refractivity contribution in [3.05, 3.63) is 71.1 Å².